The van der Waals surface area contributed by atoms with E-state index in [0.717, 1.165) is 37.4 Å². The van der Waals surface area contributed by atoms with E-state index in [1.807, 2.05) is 16.8 Å². The van der Waals surface area contributed by atoms with Crippen molar-refractivity contribution < 1.29 is 4.79 Å². The van der Waals surface area contributed by atoms with Crippen LogP contribution in [0.3, 0.4) is 0 Å². The first-order chi connectivity index (χ1) is 13.0. The molecule has 1 saturated heterocycles. The Morgan fingerprint density at radius 1 is 1.07 bits per heavy atom. The molecule has 6 nitrogen and oxygen atoms in total. The summed E-state index contributed by atoms with van der Waals surface area (Å²) < 4.78 is 1.84. The summed E-state index contributed by atoms with van der Waals surface area (Å²) in [4.78, 5) is 21.2. The van der Waals surface area contributed by atoms with Crippen LogP contribution < -0.4 is 10.6 Å². The molecule has 0 aliphatic carbocycles. The molecule has 0 radical (unpaired) electrons. The number of pyridine rings is 1. The first-order valence-corrected chi connectivity index (χ1v) is 9.40. The zero-order chi connectivity index (χ0) is 19.0. The van der Waals surface area contributed by atoms with E-state index in [1.54, 1.807) is 12.1 Å². The van der Waals surface area contributed by atoms with Crippen molar-refractivity contribution in [2.24, 2.45) is 5.73 Å². The van der Waals surface area contributed by atoms with Crippen molar-refractivity contribution in [3.63, 3.8) is 0 Å². The van der Waals surface area contributed by atoms with Gasteiger partial charge in [-0.25, -0.2) is 4.98 Å². The summed E-state index contributed by atoms with van der Waals surface area (Å²) >= 11 is 0. The lowest BCUT2D eigenvalue weighted by atomic mass is 10.1. The van der Waals surface area contributed by atoms with Crippen LogP contribution in [0.15, 0.2) is 48.8 Å². The third kappa shape index (κ3) is 3.40. The lowest BCUT2D eigenvalue weighted by Gasteiger charge is -2.38. The number of hydrogen-bond acceptors (Lipinski definition) is 4. The number of aromatic nitrogens is 2. The van der Waals surface area contributed by atoms with Crippen LogP contribution in [0.1, 0.15) is 24.2 Å². The molecule has 3 aromatic rings. The number of primary amides is 1. The number of benzene rings is 1. The predicted molar refractivity (Wildman–Crippen MR) is 108 cm³/mol. The Kier molecular flexibility index (Phi) is 4.58. The van der Waals surface area contributed by atoms with Gasteiger partial charge in [0.05, 0.1) is 11.3 Å². The number of nitrogens with two attached hydrogens (primary N) is 1. The summed E-state index contributed by atoms with van der Waals surface area (Å²) in [5.74, 6) is -0.464. The average Bonchev–Trinajstić information content (AvgIpc) is 3.12. The number of rotatable bonds is 4. The number of amides is 1. The maximum absolute atomic E-state index is 11.6. The average molecular weight is 363 g/mol. The minimum atomic E-state index is -0.464. The molecule has 1 amide bonds. The highest BCUT2D eigenvalue weighted by Gasteiger charge is 2.19. The molecule has 0 unspecified atom stereocenters. The maximum Gasteiger partial charge on any atom is 0.252 e. The minimum absolute atomic E-state index is 0.434. The second-order valence-corrected chi connectivity index (χ2v) is 7.31. The summed E-state index contributed by atoms with van der Waals surface area (Å²) in [6, 6.07) is 12.6. The molecule has 1 aliphatic heterocycles. The first kappa shape index (κ1) is 17.5. The van der Waals surface area contributed by atoms with Crippen molar-refractivity contribution in [3.05, 3.63) is 54.4 Å². The number of piperazine rings is 1. The molecule has 0 spiro atoms. The number of anilines is 1. The smallest absolute Gasteiger partial charge is 0.252 e. The molecule has 6 heteroatoms. The van der Waals surface area contributed by atoms with Crippen molar-refractivity contribution in [1.82, 2.24) is 14.3 Å². The van der Waals surface area contributed by atoms with Crippen LogP contribution in [0, 0.1) is 0 Å². The molecule has 1 aromatic carbocycles. The van der Waals surface area contributed by atoms with Gasteiger partial charge in [0, 0.05) is 55.9 Å². The van der Waals surface area contributed by atoms with E-state index in [4.69, 9.17) is 5.73 Å². The molecule has 1 fully saturated rings. The summed E-state index contributed by atoms with van der Waals surface area (Å²) in [7, 11) is 0. The number of nitrogens with zero attached hydrogens (tertiary/aromatic N) is 4. The molecule has 0 atom stereocenters. The Morgan fingerprint density at radius 2 is 1.78 bits per heavy atom. The summed E-state index contributed by atoms with van der Waals surface area (Å²) in [5, 5.41) is 0. The highest BCUT2D eigenvalue weighted by molar-refractivity contribution is 5.98. The van der Waals surface area contributed by atoms with Gasteiger partial charge in [-0.05, 0) is 38.1 Å². The number of fused-ring (bicyclic) bond motifs is 1. The highest BCUT2D eigenvalue weighted by Crippen LogP contribution is 2.25. The number of carbonyl (C=O) groups excluding carboxylic acids is 1. The van der Waals surface area contributed by atoms with E-state index in [9.17, 15) is 4.79 Å². The van der Waals surface area contributed by atoms with Gasteiger partial charge < -0.3 is 15.0 Å². The van der Waals surface area contributed by atoms with Gasteiger partial charge in [0.15, 0.2) is 0 Å². The Hall–Kier alpha value is -2.86. The summed E-state index contributed by atoms with van der Waals surface area (Å²) in [6.45, 7) is 8.80. The predicted octanol–water partition coefficient (Wildman–Crippen LogP) is 2.63. The molecular formula is C21H25N5O. The fourth-order valence-electron chi connectivity index (χ4n) is 3.68. The molecular weight excluding hydrogens is 338 g/mol. The third-order valence-corrected chi connectivity index (χ3v) is 5.32. The number of imidazole rings is 1. The summed E-state index contributed by atoms with van der Waals surface area (Å²) in [6.07, 6.45) is 3.80. The standard InChI is InChI=1S/C21H25N5O/c1-15(2)24-10-12-25(13-11-24)17-7-5-16(6-8-17)19-14-26-9-3-4-18(20(22)27)21(26)23-19/h3-9,14-15H,10-13H2,1-2H3,(H2,22,27). The van der Waals surface area contributed by atoms with E-state index in [0.29, 0.717) is 17.3 Å². The lowest BCUT2D eigenvalue weighted by molar-refractivity contribution is 0.100. The normalized spacial score (nSPS) is 15.6. The van der Waals surface area contributed by atoms with Gasteiger partial charge in [-0.1, -0.05) is 12.1 Å². The van der Waals surface area contributed by atoms with Crippen LogP contribution in [-0.4, -0.2) is 52.4 Å². The summed E-state index contributed by atoms with van der Waals surface area (Å²) in [5.41, 5.74) is 9.58. The Morgan fingerprint density at radius 3 is 2.41 bits per heavy atom. The van der Waals surface area contributed by atoms with Crippen molar-refractivity contribution >= 4 is 17.2 Å². The molecule has 140 valence electrons. The zero-order valence-corrected chi connectivity index (χ0v) is 15.8. The largest absolute Gasteiger partial charge is 0.369 e. The SMILES string of the molecule is CC(C)N1CCN(c2ccc(-c3cn4cccc(C(N)=O)c4n3)cc2)CC1. The Balaban J connectivity index is 1.55. The van der Waals surface area contributed by atoms with E-state index >= 15 is 0 Å². The topological polar surface area (TPSA) is 66.9 Å². The third-order valence-electron chi connectivity index (χ3n) is 5.32. The minimum Gasteiger partial charge on any atom is -0.369 e. The van der Waals surface area contributed by atoms with Gasteiger partial charge in [-0.15, -0.1) is 0 Å². The van der Waals surface area contributed by atoms with E-state index < -0.39 is 5.91 Å². The first-order valence-electron chi connectivity index (χ1n) is 9.40. The van der Waals surface area contributed by atoms with Crippen LogP contribution in [0.25, 0.3) is 16.9 Å². The maximum atomic E-state index is 11.6. The fourth-order valence-corrected chi connectivity index (χ4v) is 3.68. The molecule has 4 rings (SSSR count). The Bertz CT molecular complexity index is 952. The van der Waals surface area contributed by atoms with Gasteiger partial charge in [0.2, 0.25) is 0 Å². The van der Waals surface area contributed by atoms with Crippen molar-refractivity contribution in [2.75, 3.05) is 31.1 Å². The fraction of sp³-hybridized carbons (Fsp3) is 0.333. The van der Waals surface area contributed by atoms with Crippen LogP contribution >= 0.6 is 0 Å². The molecule has 0 bridgehead atoms. The molecule has 27 heavy (non-hydrogen) atoms. The number of carbonyl (C=O) groups is 1. The van der Waals surface area contributed by atoms with Crippen molar-refractivity contribution in [2.45, 2.75) is 19.9 Å². The van der Waals surface area contributed by atoms with Gasteiger partial charge >= 0.3 is 0 Å². The van der Waals surface area contributed by atoms with Crippen LogP contribution in [0.5, 0.6) is 0 Å². The molecule has 3 heterocycles. The van der Waals surface area contributed by atoms with E-state index in [1.165, 1.54) is 5.69 Å². The van der Waals surface area contributed by atoms with E-state index in [-0.39, 0.29) is 0 Å². The van der Waals surface area contributed by atoms with Crippen LogP contribution in [0.2, 0.25) is 0 Å². The van der Waals surface area contributed by atoms with Crippen LogP contribution in [-0.2, 0) is 0 Å². The Labute approximate surface area is 159 Å². The molecule has 1 aliphatic rings. The second kappa shape index (κ2) is 7.04. The lowest BCUT2D eigenvalue weighted by Crippen LogP contribution is -2.48. The second-order valence-electron chi connectivity index (χ2n) is 7.31. The molecule has 2 aromatic heterocycles. The van der Waals surface area contributed by atoms with Gasteiger partial charge in [-0.2, -0.15) is 0 Å². The van der Waals surface area contributed by atoms with Crippen molar-refractivity contribution in [1.29, 1.82) is 0 Å². The van der Waals surface area contributed by atoms with Gasteiger partial charge in [-0.3, -0.25) is 9.69 Å². The quantitative estimate of drug-likeness (QED) is 0.774. The van der Waals surface area contributed by atoms with E-state index in [2.05, 4.69) is 52.9 Å². The van der Waals surface area contributed by atoms with Crippen LogP contribution in [0.4, 0.5) is 5.69 Å². The zero-order valence-electron chi connectivity index (χ0n) is 15.8. The van der Waals surface area contributed by atoms with Gasteiger partial charge in [0.1, 0.15) is 5.65 Å². The van der Waals surface area contributed by atoms with Crippen molar-refractivity contribution in [3.8, 4) is 11.3 Å². The molecule has 2 N–H and O–H groups in total. The van der Waals surface area contributed by atoms with Gasteiger partial charge in [0.25, 0.3) is 5.91 Å². The highest BCUT2D eigenvalue weighted by atomic mass is 16.1. The number of hydrogen-bond donors (Lipinski definition) is 1. The molecule has 0 saturated carbocycles. The monoisotopic (exact) mass is 363 g/mol.